The molecule has 1 fully saturated rings. The van der Waals surface area contributed by atoms with Crippen molar-refractivity contribution in [1.29, 1.82) is 0 Å². The van der Waals surface area contributed by atoms with Crippen LogP contribution in [-0.2, 0) is 13.1 Å². The van der Waals surface area contributed by atoms with Crippen LogP contribution < -0.4 is 10.1 Å². The summed E-state index contributed by atoms with van der Waals surface area (Å²) in [5.74, 6) is 0.835. The highest BCUT2D eigenvalue weighted by atomic mass is 79.9. The Morgan fingerprint density at radius 1 is 1.45 bits per heavy atom. The van der Waals surface area contributed by atoms with Crippen LogP contribution in [0.15, 0.2) is 28.9 Å². The molecule has 0 unspecified atom stereocenters. The molecule has 0 saturated heterocycles. The Balaban J connectivity index is 1.63. The molecule has 20 heavy (non-hydrogen) atoms. The number of nitrogens with zero attached hydrogens (tertiary/aromatic N) is 3. The minimum Gasteiger partial charge on any atom is -0.496 e. The summed E-state index contributed by atoms with van der Waals surface area (Å²) in [5, 5.41) is 11.8. The fourth-order valence-corrected chi connectivity index (χ4v) is 2.62. The molecule has 1 saturated carbocycles. The molecule has 1 aliphatic rings. The molecule has 0 radical (unpaired) electrons. The highest BCUT2D eigenvalue weighted by Crippen LogP contribution is 2.25. The van der Waals surface area contributed by atoms with Crippen LogP contribution in [0.1, 0.15) is 24.1 Å². The fourth-order valence-electron chi connectivity index (χ4n) is 2.03. The summed E-state index contributed by atoms with van der Waals surface area (Å²) in [4.78, 5) is 0. The average molecular weight is 337 g/mol. The predicted octanol–water partition coefficient (Wildman–Crippen LogP) is 2.35. The van der Waals surface area contributed by atoms with E-state index in [-0.39, 0.29) is 0 Å². The van der Waals surface area contributed by atoms with Gasteiger partial charge < -0.3 is 10.1 Å². The summed E-state index contributed by atoms with van der Waals surface area (Å²) in [5.41, 5.74) is 2.15. The molecule has 1 aliphatic carbocycles. The Labute approximate surface area is 126 Å². The Kier molecular flexibility index (Phi) is 4.03. The third-order valence-corrected chi connectivity index (χ3v) is 3.92. The number of halogens is 1. The molecule has 6 heteroatoms. The molecule has 1 aromatic carbocycles. The highest BCUT2D eigenvalue weighted by molar-refractivity contribution is 9.10. The second kappa shape index (κ2) is 5.93. The van der Waals surface area contributed by atoms with Gasteiger partial charge in [0.2, 0.25) is 0 Å². The molecule has 0 spiro atoms. The van der Waals surface area contributed by atoms with Crippen LogP contribution in [0.2, 0.25) is 0 Å². The van der Waals surface area contributed by atoms with Crippen molar-refractivity contribution in [1.82, 2.24) is 20.3 Å². The molecular weight excluding hydrogens is 320 g/mol. The summed E-state index contributed by atoms with van der Waals surface area (Å²) >= 11 is 3.49. The van der Waals surface area contributed by atoms with Gasteiger partial charge in [0.15, 0.2) is 0 Å². The Bertz CT molecular complexity index is 595. The highest BCUT2D eigenvalue weighted by Gasteiger charge is 2.20. The number of hydrogen-bond acceptors (Lipinski definition) is 4. The smallest absolute Gasteiger partial charge is 0.133 e. The van der Waals surface area contributed by atoms with Gasteiger partial charge in [-0.05, 0) is 46.5 Å². The summed E-state index contributed by atoms with van der Waals surface area (Å²) < 4.78 is 8.04. The zero-order valence-corrected chi connectivity index (χ0v) is 12.9. The lowest BCUT2D eigenvalue weighted by molar-refractivity contribution is 0.412. The monoisotopic (exact) mass is 336 g/mol. The van der Waals surface area contributed by atoms with E-state index < -0.39 is 0 Å². The van der Waals surface area contributed by atoms with Crippen LogP contribution in [0.5, 0.6) is 5.75 Å². The lowest BCUT2D eigenvalue weighted by Crippen LogP contribution is -2.15. The van der Waals surface area contributed by atoms with Gasteiger partial charge >= 0.3 is 0 Å². The molecule has 1 aromatic heterocycles. The van der Waals surface area contributed by atoms with Crippen molar-refractivity contribution >= 4 is 15.9 Å². The molecule has 0 amide bonds. The van der Waals surface area contributed by atoms with E-state index in [1.54, 1.807) is 7.11 Å². The van der Waals surface area contributed by atoms with Gasteiger partial charge in [-0.25, -0.2) is 4.68 Å². The minimum absolute atomic E-state index is 0.692. The molecule has 5 nitrogen and oxygen atoms in total. The number of hydrogen-bond donors (Lipinski definition) is 1. The van der Waals surface area contributed by atoms with Gasteiger partial charge in [0.25, 0.3) is 0 Å². The summed E-state index contributed by atoms with van der Waals surface area (Å²) in [7, 11) is 1.66. The maximum atomic E-state index is 5.22. The number of methoxy groups -OCH3 is 1. The summed E-state index contributed by atoms with van der Waals surface area (Å²) in [6.07, 6.45) is 4.57. The van der Waals surface area contributed by atoms with E-state index in [1.165, 1.54) is 12.8 Å². The summed E-state index contributed by atoms with van der Waals surface area (Å²) in [6, 6.07) is 6.72. The van der Waals surface area contributed by atoms with Gasteiger partial charge in [-0.3, -0.25) is 0 Å². The van der Waals surface area contributed by atoms with Crippen molar-refractivity contribution in [2.45, 2.75) is 32.0 Å². The predicted molar refractivity (Wildman–Crippen MR) is 79.7 cm³/mol. The number of rotatable bonds is 6. The van der Waals surface area contributed by atoms with E-state index in [1.807, 2.05) is 29.1 Å². The molecule has 3 rings (SSSR count). The minimum atomic E-state index is 0.692. The first-order valence-electron chi connectivity index (χ1n) is 6.69. The molecule has 1 heterocycles. The zero-order chi connectivity index (χ0) is 13.9. The first-order valence-corrected chi connectivity index (χ1v) is 7.48. The molecular formula is C14H17BrN4O. The molecule has 0 aliphatic heterocycles. The van der Waals surface area contributed by atoms with Gasteiger partial charge in [-0.2, -0.15) is 0 Å². The van der Waals surface area contributed by atoms with Gasteiger partial charge in [0, 0.05) is 12.6 Å². The third-order valence-electron chi connectivity index (χ3n) is 3.30. The van der Waals surface area contributed by atoms with Crippen LogP contribution in [0.3, 0.4) is 0 Å². The standard InChI is InChI=1S/C14H17BrN4O/c1-20-14-5-2-10(6-13(14)15)8-19-9-12(17-18-19)7-16-11-3-4-11/h2,5-6,9,11,16H,3-4,7-8H2,1H3. The van der Waals surface area contributed by atoms with Crippen LogP contribution in [0.4, 0.5) is 0 Å². The summed E-state index contributed by atoms with van der Waals surface area (Å²) in [6.45, 7) is 1.51. The number of nitrogens with one attached hydrogen (secondary N) is 1. The second-order valence-corrected chi connectivity index (χ2v) is 5.89. The van der Waals surface area contributed by atoms with Crippen molar-refractivity contribution in [3.05, 3.63) is 40.1 Å². The first-order chi connectivity index (χ1) is 9.74. The van der Waals surface area contributed by atoms with Gasteiger partial charge in [-0.1, -0.05) is 11.3 Å². The quantitative estimate of drug-likeness (QED) is 0.879. The van der Waals surface area contributed by atoms with Crippen LogP contribution in [0.25, 0.3) is 0 Å². The first kappa shape index (κ1) is 13.6. The zero-order valence-electron chi connectivity index (χ0n) is 11.3. The Morgan fingerprint density at radius 2 is 2.30 bits per heavy atom. The lowest BCUT2D eigenvalue weighted by Gasteiger charge is -2.06. The SMILES string of the molecule is COc1ccc(Cn2cc(CNC3CC3)nn2)cc1Br. The average Bonchev–Trinajstić information content (AvgIpc) is 3.17. The molecule has 1 N–H and O–H groups in total. The molecule has 106 valence electrons. The van der Waals surface area contributed by atoms with Crippen molar-refractivity contribution in [3.8, 4) is 5.75 Å². The lowest BCUT2D eigenvalue weighted by atomic mass is 10.2. The number of aromatic nitrogens is 3. The number of benzene rings is 1. The van der Waals surface area contributed by atoms with E-state index in [9.17, 15) is 0 Å². The maximum absolute atomic E-state index is 5.22. The van der Waals surface area contributed by atoms with Crippen molar-refractivity contribution < 1.29 is 4.74 Å². The van der Waals surface area contributed by atoms with Crippen LogP contribution in [0, 0.1) is 0 Å². The van der Waals surface area contributed by atoms with Crippen LogP contribution in [-0.4, -0.2) is 28.1 Å². The van der Waals surface area contributed by atoms with E-state index in [0.29, 0.717) is 12.6 Å². The van der Waals surface area contributed by atoms with Gasteiger partial charge in [0.1, 0.15) is 5.75 Å². The van der Waals surface area contributed by atoms with Crippen molar-refractivity contribution in [2.24, 2.45) is 0 Å². The largest absolute Gasteiger partial charge is 0.496 e. The topological polar surface area (TPSA) is 52.0 Å². The van der Waals surface area contributed by atoms with Crippen molar-refractivity contribution in [2.75, 3.05) is 7.11 Å². The van der Waals surface area contributed by atoms with E-state index in [0.717, 1.165) is 28.0 Å². The maximum Gasteiger partial charge on any atom is 0.133 e. The Morgan fingerprint density at radius 3 is 3.00 bits per heavy atom. The number of ether oxygens (including phenoxy) is 1. The molecule has 0 bridgehead atoms. The molecule has 2 aromatic rings. The second-order valence-electron chi connectivity index (χ2n) is 5.03. The fraction of sp³-hybridized carbons (Fsp3) is 0.429. The van der Waals surface area contributed by atoms with E-state index in [4.69, 9.17) is 4.74 Å². The Hall–Kier alpha value is -1.40. The van der Waals surface area contributed by atoms with E-state index >= 15 is 0 Å². The normalized spacial score (nSPS) is 14.5. The van der Waals surface area contributed by atoms with E-state index in [2.05, 4.69) is 31.6 Å². The van der Waals surface area contributed by atoms with Gasteiger partial charge in [0.05, 0.1) is 30.0 Å². The van der Waals surface area contributed by atoms with Gasteiger partial charge in [-0.15, -0.1) is 5.10 Å². The van der Waals surface area contributed by atoms with Crippen LogP contribution >= 0.6 is 15.9 Å². The third kappa shape index (κ3) is 3.37. The van der Waals surface area contributed by atoms with Crippen molar-refractivity contribution in [3.63, 3.8) is 0 Å². The molecule has 0 atom stereocenters.